The van der Waals surface area contributed by atoms with Crippen LogP contribution >= 0.6 is 0 Å². The molecule has 0 spiro atoms. The molecular weight excluding hydrogens is 264 g/mol. The van der Waals surface area contributed by atoms with E-state index in [1.54, 1.807) is 6.20 Å². The molecule has 1 aromatic carbocycles. The number of anilines is 1. The second kappa shape index (κ2) is 6.92. The standard InChI is InChI=1S/C16H22N4O/c1-12(2)13(3)18-16(21)19-15-7-5-14(6-8-15)11-20-10-4-9-17-20/h4-10,12-13H,11H2,1-3H3,(H2,18,19,21)/t13-/m1/s1. The number of aromatic nitrogens is 2. The molecule has 112 valence electrons. The number of hydrogen-bond acceptors (Lipinski definition) is 2. The highest BCUT2D eigenvalue weighted by Gasteiger charge is 2.10. The number of rotatable bonds is 5. The molecule has 2 rings (SSSR count). The lowest BCUT2D eigenvalue weighted by molar-refractivity contribution is 0.246. The van der Waals surface area contributed by atoms with Gasteiger partial charge < -0.3 is 10.6 Å². The molecule has 0 saturated heterocycles. The van der Waals surface area contributed by atoms with Gasteiger partial charge in [-0.15, -0.1) is 0 Å². The van der Waals surface area contributed by atoms with Gasteiger partial charge in [-0.1, -0.05) is 26.0 Å². The lowest BCUT2D eigenvalue weighted by atomic mass is 10.1. The van der Waals surface area contributed by atoms with Crippen molar-refractivity contribution in [2.24, 2.45) is 5.92 Å². The van der Waals surface area contributed by atoms with Crippen LogP contribution in [-0.4, -0.2) is 21.9 Å². The quantitative estimate of drug-likeness (QED) is 0.887. The Balaban J connectivity index is 1.88. The highest BCUT2D eigenvalue weighted by Crippen LogP contribution is 2.11. The molecule has 0 unspecified atom stereocenters. The SMILES string of the molecule is CC(C)[C@@H](C)NC(=O)Nc1ccc(Cn2cccn2)cc1. The van der Waals surface area contributed by atoms with Crippen LogP contribution in [0.15, 0.2) is 42.7 Å². The summed E-state index contributed by atoms with van der Waals surface area (Å²) >= 11 is 0. The van der Waals surface area contributed by atoms with Crippen molar-refractivity contribution in [3.8, 4) is 0 Å². The molecule has 0 saturated carbocycles. The monoisotopic (exact) mass is 286 g/mol. The third kappa shape index (κ3) is 4.63. The van der Waals surface area contributed by atoms with E-state index in [1.807, 2.05) is 48.1 Å². The van der Waals surface area contributed by atoms with Gasteiger partial charge in [0.1, 0.15) is 0 Å². The van der Waals surface area contributed by atoms with Gasteiger partial charge in [0.05, 0.1) is 6.54 Å². The summed E-state index contributed by atoms with van der Waals surface area (Å²) in [6.45, 7) is 6.88. The summed E-state index contributed by atoms with van der Waals surface area (Å²) in [5.74, 6) is 0.409. The average Bonchev–Trinajstić information content (AvgIpc) is 2.93. The summed E-state index contributed by atoms with van der Waals surface area (Å²) in [5.41, 5.74) is 1.92. The topological polar surface area (TPSA) is 59.0 Å². The number of benzene rings is 1. The van der Waals surface area contributed by atoms with Crippen LogP contribution in [-0.2, 0) is 6.54 Å². The Kier molecular flexibility index (Phi) is 4.98. The van der Waals surface area contributed by atoms with E-state index in [0.717, 1.165) is 17.8 Å². The number of amides is 2. The lowest BCUT2D eigenvalue weighted by Crippen LogP contribution is -2.38. The zero-order chi connectivity index (χ0) is 15.2. The summed E-state index contributed by atoms with van der Waals surface area (Å²) < 4.78 is 1.86. The molecule has 1 atom stereocenters. The summed E-state index contributed by atoms with van der Waals surface area (Å²) in [5, 5.41) is 9.92. The van der Waals surface area contributed by atoms with Crippen molar-refractivity contribution in [2.75, 3.05) is 5.32 Å². The van der Waals surface area contributed by atoms with Crippen molar-refractivity contribution in [3.63, 3.8) is 0 Å². The fraction of sp³-hybridized carbons (Fsp3) is 0.375. The first kappa shape index (κ1) is 15.1. The third-order valence-corrected chi connectivity index (χ3v) is 3.47. The van der Waals surface area contributed by atoms with Gasteiger partial charge in [-0.2, -0.15) is 5.10 Å². The highest BCUT2D eigenvalue weighted by atomic mass is 16.2. The molecule has 2 N–H and O–H groups in total. The Labute approximate surface area is 125 Å². The van der Waals surface area contributed by atoms with Crippen LogP contribution in [0.4, 0.5) is 10.5 Å². The molecule has 0 bridgehead atoms. The minimum Gasteiger partial charge on any atom is -0.335 e. The first-order valence-electron chi connectivity index (χ1n) is 7.18. The van der Waals surface area contributed by atoms with Crippen LogP contribution in [0.5, 0.6) is 0 Å². The molecule has 0 fully saturated rings. The second-order valence-electron chi connectivity index (χ2n) is 5.53. The van der Waals surface area contributed by atoms with Crippen LogP contribution in [0, 0.1) is 5.92 Å². The normalized spacial score (nSPS) is 12.2. The first-order chi connectivity index (χ1) is 10.0. The Bertz CT molecular complexity index is 560. The predicted molar refractivity (Wildman–Crippen MR) is 84.2 cm³/mol. The zero-order valence-corrected chi connectivity index (χ0v) is 12.7. The van der Waals surface area contributed by atoms with Gasteiger partial charge in [-0.3, -0.25) is 4.68 Å². The largest absolute Gasteiger partial charge is 0.335 e. The summed E-state index contributed by atoms with van der Waals surface area (Å²) in [7, 11) is 0. The number of carbonyl (C=O) groups excluding carboxylic acids is 1. The third-order valence-electron chi connectivity index (χ3n) is 3.47. The van der Waals surface area contributed by atoms with E-state index < -0.39 is 0 Å². The maximum atomic E-state index is 11.8. The van der Waals surface area contributed by atoms with Crippen LogP contribution in [0.1, 0.15) is 26.3 Å². The maximum absolute atomic E-state index is 11.8. The molecule has 21 heavy (non-hydrogen) atoms. The van der Waals surface area contributed by atoms with E-state index in [0.29, 0.717) is 5.92 Å². The Hall–Kier alpha value is -2.30. The Morgan fingerprint density at radius 1 is 1.24 bits per heavy atom. The molecule has 0 aliphatic heterocycles. The van der Waals surface area contributed by atoms with Gasteiger partial charge in [0.25, 0.3) is 0 Å². The molecule has 2 aromatic rings. The molecule has 5 heteroatoms. The fourth-order valence-electron chi connectivity index (χ4n) is 1.82. The highest BCUT2D eigenvalue weighted by molar-refractivity contribution is 5.89. The zero-order valence-electron chi connectivity index (χ0n) is 12.7. The van der Waals surface area contributed by atoms with Crippen molar-refractivity contribution in [1.82, 2.24) is 15.1 Å². The predicted octanol–water partition coefficient (Wildman–Crippen LogP) is 3.10. The summed E-state index contributed by atoms with van der Waals surface area (Å²) in [6, 6.07) is 9.65. The van der Waals surface area contributed by atoms with Crippen LogP contribution < -0.4 is 10.6 Å². The van der Waals surface area contributed by atoms with Gasteiger partial charge in [0.15, 0.2) is 0 Å². The molecule has 1 heterocycles. The smallest absolute Gasteiger partial charge is 0.319 e. The van der Waals surface area contributed by atoms with Gasteiger partial charge in [-0.05, 0) is 36.6 Å². The summed E-state index contributed by atoms with van der Waals surface area (Å²) in [6.07, 6.45) is 3.68. The molecule has 2 amide bonds. The average molecular weight is 286 g/mol. The van der Waals surface area contributed by atoms with Gasteiger partial charge in [0, 0.05) is 24.1 Å². The second-order valence-corrected chi connectivity index (χ2v) is 5.53. The van der Waals surface area contributed by atoms with E-state index in [-0.39, 0.29) is 12.1 Å². The van der Waals surface area contributed by atoms with E-state index in [4.69, 9.17) is 0 Å². The molecule has 0 aliphatic rings. The molecule has 0 aliphatic carbocycles. The fourth-order valence-corrected chi connectivity index (χ4v) is 1.82. The van der Waals surface area contributed by atoms with E-state index in [2.05, 4.69) is 29.6 Å². The van der Waals surface area contributed by atoms with Gasteiger partial charge >= 0.3 is 6.03 Å². The number of carbonyl (C=O) groups is 1. The van der Waals surface area contributed by atoms with Gasteiger partial charge in [0.2, 0.25) is 0 Å². The minimum absolute atomic E-state index is 0.143. The Morgan fingerprint density at radius 2 is 1.95 bits per heavy atom. The summed E-state index contributed by atoms with van der Waals surface area (Å²) in [4.78, 5) is 11.8. The Morgan fingerprint density at radius 3 is 2.52 bits per heavy atom. The number of hydrogen-bond donors (Lipinski definition) is 2. The number of nitrogens with one attached hydrogen (secondary N) is 2. The molecule has 1 aromatic heterocycles. The van der Waals surface area contributed by atoms with Crippen LogP contribution in [0.3, 0.4) is 0 Å². The van der Waals surface area contributed by atoms with Crippen molar-refractivity contribution in [3.05, 3.63) is 48.3 Å². The van der Waals surface area contributed by atoms with E-state index in [9.17, 15) is 4.79 Å². The number of urea groups is 1. The van der Waals surface area contributed by atoms with E-state index >= 15 is 0 Å². The minimum atomic E-state index is -0.170. The molecular formula is C16H22N4O. The van der Waals surface area contributed by atoms with Crippen molar-refractivity contribution in [2.45, 2.75) is 33.4 Å². The molecule has 0 radical (unpaired) electrons. The number of nitrogens with zero attached hydrogens (tertiary/aromatic N) is 2. The van der Waals surface area contributed by atoms with E-state index in [1.165, 1.54) is 0 Å². The lowest BCUT2D eigenvalue weighted by Gasteiger charge is -2.17. The van der Waals surface area contributed by atoms with Crippen molar-refractivity contribution < 1.29 is 4.79 Å². The maximum Gasteiger partial charge on any atom is 0.319 e. The first-order valence-corrected chi connectivity index (χ1v) is 7.18. The molecule has 5 nitrogen and oxygen atoms in total. The van der Waals surface area contributed by atoms with Crippen LogP contribution in [0.2, 0.25) is 0 Å². The van der Waals surface area contributed by atoms with Gasteiger partial charge in [-0.25, -0.2) is 4.79 Å². The van der Waals surface area contributed by atoms with Crippen LogP contribution in [0.25, 0.3) is 0 Å². The van der Waals surface area contributed by atoms with Crippen molar-refractivity contribution in [1.29, 1.82) is 0 Å². The van der Waals surface area contributed by atoms with Crippen molar-refractivity contribution >= 4 is 11.7 Å².